The Morgan fingerprint density at radius 2 is 2.33 bits per heavy atom. The lowest BCUT2D eigenvalue weighted by Gasteiger charge is -2.22. The van der Waals surface area contributed by atoms with Crippen LogP contribution in [0.25, 0.3) is 0 Å². The average molecular weight is 170 g/mol. The fourth-order valence-electron chi connectivity index (χ4n) is 1.67. The molecule has 1 rings (SSSR count). The van der Waals surface area contributed by atoms with E-state index in [1.54, 1.807) is 0 Å². The summed E-state index contributed by atoms with van der Waals surface area (Å²) in [7, 11) is 0. The molecule has 0 radical (unpaired) electrons. The van der Waals surface area contributed by atoms with Crippen LogP contribution in [0.5, 0.6) is 0 Å². The van der Waals surface area contributed by atoms with Crippen molar-refractivity contribution in [3.63, 3.8) is 0 Å². The second-order valence-electron chi connectivity index (χ2n) is 3.18. The maximum absolute atomic E-state index is 10.4. The van der Waals surface area contributed by atoms with Crippen LogP contribution in [0.2, 0.25) is 0 Å². The predicted molar refractivity (Wildman–Crippen MR) is 44.8 cm³/mol. The van der Waals surface area contributed by atoms with Gasteiger partial charge < -0.3 is 10.2 Å². The number of hydrogen-bond donors (Lipinski definition) is 2. The molecule has 1 aliphatic rings. The third-order valence-electron chi connectivity index (χ3n) is 2.32. The highest BCUT2D eigenvalue weighted by atomic mass is 16.4. The van der Waals surface area contributed by atoms with Gasteiger partial charge in [-0.05, 0) is 19.3 Å². The minimum atomic E-state index is -0.898. The number of aliphatic carboxylic acids is 1. The summed E-state index contributed by atoms with van der Waals surface area (Å²) in [6, 6.07) is 0. The quantitative estimate of drug-likeness (QED) is 0.612. The van der Waals surface area contributed by atoms with Crippen molar-refractivity contribution in [1.29, 1.82) is 0 Å². The van der Waals surface area contributed by atoms with Gasteiger partial charge in [0.1, 0.15) is 0 Å². The fraction of sp³-hybridized carbons (Fsp3) is 0.667. The first-order chi connectivity index (χ1) is 5.74. The van der Waals surface area contributed by atoms with E-state index in [2.05, 4.69) is 0 Å². The second kappa shape index (κ2) is 4.26. The summed E-state index contributed by atoms with van der Waals surface area (Å²) in [4.78, 5) is 10.4. The molecule has 0 saturated heterocycles. The molecule has 1 atom stereocenters. The molecule has 0 bridgehead atoms. The van der Waals surface area contributed by atoms with Gasteiger partial charge in [-0.15, -0.1) is 0 Å². The highest BCUT2D eigenvalue weighted by Gasteiger charge is 2.18. The minimum Gasteiger partial charge on any atom is -0.478 e. The number of carboxylic acids is 1. The van der Waals surface area contributed by atoms with E-state index in [1.807, 2.05) is 0 Å². The van der Waals surface area contributed by atoms with Gasteiger partial charge in [0.25, 0.3) is 0 Å². The molecule has 1 aliphatic carbocycles. The van der Waals surface area contributed by atoms with Crippen molar-refractivity contribution in [2.24, 2.45) is 5.92 Å². The summed E-state index contributed by atoms with van der Waals surface area (Å²) in [6.45, 7) is 0.0825. The lowest BCUT2D eigenvalue weighted by molar-refractivity contribution is -0.131. The zero-order valence-corrected chi connectivity index (χ0v) is 6.99. The normalized spacial score (nSPS) is 27.4. The lowest BCUT2D eigenvalue weighted by Crippen LogP contribution is -2.15. The summed E-state index contributed by atoms with van der Waals surface area (Å²) in [6.07, 6.45) is 5.16. The molecule has 0 aliphatic heterocycles. The van der Waals surface area contributed by atoms with Crippen LogP contribution in [0.1, 0.15) is 25.7 Å². The second-order valence-corrected chi connectivity index (χ2v) is 3.18. The van der Waals surface area contributed by atoms with Crippen LogP contribution in [0.3, 0.4) is 0 Å². The van der Waals surface area contributed by atoms with Gasteiger partial charge in [-0.3, -0.25) is 0 Å². The minimum absolute atomic E-state index is 0.0825. The van der Waals surface area contributed by atoms with Crippen molar-refractivity contribution >= 4 is 5.97 Å². The molecule has 0 aromatic carbocycles. The van der Waals surface area contributed by atoms with Crippen molar-refractivity contribution in [2.75, 3.05) is 6.61 Å². The van der Waals surface area contributed by atoms with Gasteiger partial charge in [0.05, 0.1) is 0 Å². The number of aliphatic hydroxyl groups excluding tert-OH is 1. The summed E-state index contributed by atoms with van der Waals surface area (Å²) in [5.41, 5.74) is 0.899. The highest BCUT2D eigenvalue weighted by Crippen LogP contribution is 2.28. The SMILES string of the molecule is O=C(O)C=C1CCCCC1CO. The van der Waals surface area contributed by atoms with Crippen LogP contribution in [0, 0.1) is 5.92 Å². The molecule has 12 heavy (non-hydrogen) atoms. The summed E-state index contributed by atoms with van der Waals surface area (Å²) >= 11 is 0. The van der Waals surface area contributed by atoms with Crippen LogP contribution in [0.4, 0.5) is 0 Å². The molecular formula is C9H14O3. The molecule has 1 saturated carbocycles. The van der Waals surface area contributed by atoms with E-state index >= 15 is 0 Å². The first-order valence-corrected chi connectivity index (χ1v) is 4.28. The molecule has 0 amide bonds. The number of carbonyl (C=O) groups is 1. The zero-order valence-electron chi connectivity index (χ0n) is 6.99. The first-order valence-electron chi connectivity index (χ1n) is 4.28. The summed E-state index contributed by atoms with van der Waals surface area (Å²) < 4.78 is 0. The van der Waals surface area contributed by atoms with Crippen molar-refractivity contribution in [3.8, 4) is 0 Å². The number of carboxylic acid groups (broad SMARTS) is 1. The average Bonchev–Trinajstić information content (AvgIpc) is 2.04. The van der Waals surface area contributed by atoms with E-state index in [4.69, 9.17) is 10.2 Å². The van der Waals surface area contributed by atoms with Gasteiger partial charge in [0.15, 0.2) is 0 Å². The van der Waals surface area contributed by atoms with Gasteiger partial charge in [-0.1, -0.05) is 12.0 Å². The standard InChI is InChI=1S/C9H14O3/c10-6-8-4-2-1-3-7(8)5-9(11)12/h5,8,10H,1-4,6H2,(H,11,12). The summed E-state index contributed by atoms with van der Waals surface area (Å²) in [5.74, 6) is -0.805. The Morgan fingerprint density at radius 3 is 2.92 bits per heavy atom. The Labute approximate surface area is 71.7 Å². The van der Waals surface area contributed by atoms with E-state index in [-0.39, 0.29) is 12.5 Å². The smallest absolute Gasteiger partial charge is 0.328 e. The van der Waals surface area contributed by atoms with Gasteiger partial charge in [0, 0.05) is 18.6 Å². The van der Waals surface area contributed by atoms with Gasteiger partial charge in [-0.25, -0.2) is 4.79 Å². The zero-order chi connectivity index (χ0) is 8.97. The predicted octanol–water partition coefficient (Wildman–Crippen LogP) is 1.18. The van der Waals surface area contributed by atoms with E-state index in [1.165, 1.54) is 6.08 Å². The van der Waals surface area contributed by atoms with Gasteiger partial charge in [0.2, 0.25) is 0 Å². The molecule has 68 valence electrons. The largest absolute Gasteiger partial charge is 0.478 e. The van der Waals surface area contributed by atoms with E-state index in [9.17, 15) is 4.79 Å². The monoisotopic (exact) mass is 170 g/mol. The molecule has 2 N–H and O–H groups in total. The van der Waals surface area contributed by atoms with E-state index in [0.29, 0.717) is 0 Å². The Balaban J connectivity index is 2.64. The lowest BCUT2D eigenvalue weighted by atomic mass is 9.84. The van der Waals surface area contributed by atoms with E-state index in [0.717, 1.165) is 31.3 Å². The van der Waals surface area contributed by atoms with Gasteiger partial charge >= 0.3 is 5.97 Å². The molecule has 0 aromatic heterocycles. The third kappa shape index (κ3) is 2.34. The molecule has 0 aromatic rings. The van der Waals surface area contributed by atoms with Crippen LogP contribution < -0.4 is 0 Å². The molecule has 3 heteroatoms. The fourth-order valence-corrected chi connectivity index (χ4v) is 1.67. The number of rotatable bonds is 2. The maximum atomic E-state index is 10.4. The maximum Gasteiger partial charge on any atom is 0.328 e. The molecule has 0 heterocycles. The van der Waals surface area contributed by atoms with Crippen molar-refractivity contribution in [2.45, 2.75) is 25.7 Å². The van der Waals surface area contributed by atoms with Crippen molar-refractivity contribution in [1.82, 2.24) is 0 Å². The Kier molecular flexibility index (Phi) is 3.29. The molecular weight excluding hydrogens is 156 g/mol. The van der Waals surface area contributed by atoms with Crippen LogP contribution in [-0.4, -0.2) is 22.8 Å². The Hall–Kier alpha value is -0.830. The summed E-state index contributed by atoms with van der Waals surface area (Å²) in [5, 5.41) is 17.5. The van der Waals surface area contributed by atoms with Crippen LogP contribution >= 0.6 is 0 Å². The number of hydrogen-bond acceptors (Lipinski definition) is 2. The molecule has 1 fully saturated rings. The van der Waals surface area contributed by atoms with Crippen LogP contribution in [-0.2, 0) is 4.79 Å². The number of aliphatic hydroxyl groups is 1. The Morgan fingerprint density at radius 1 is 1.58 bits per heavy atom. The Bertz CT molecular complexity index is 196. The molecule has 0 spiro atoms. The molecule has 3 nitrogen and oxygen atoms in total. The van der Waals surface area contributed by atoms with Crippen molar-refractivity contribution in [3.05, 3.63) is 11.6 Å². The highest BCUT2D eigenvalue weighted by molar-refractivity contribution is 5.80. The third-order valence-corrected chi connectivity index (χ3v) is 2.32. The topological polar surface area (TPSA) is 57.5 Å². The van der Waals surface area contributed by atoms with Gasteiger partial charge in [-0.2, -0.15) is 0 Å². The molecule has 1 unspecified atom stereocenters. The van der Waals surface area contributed by atoms with E-state index < -0.39 is 5.97 Å². The first kappa shape index (κ1) is 9.26. The van der Waals surface area contributed by atoms with Crippen molar-refractivity contribution < 1.29 is 15.0 Å². The van der Waals surface area contributed by atoms with Crippen LogP contribution in [0.15, 0.2) is 11.6 Å².